The molecule has 0 aliphatic carbocycles. The molecule has 2 aliphatic heterocycles. The summed E-state index contributed by atoms with van der Waals surface area (Å²) in [4.78, 5) is 0. The highest BCUT2D eigenvalue weighted by Crippen LogP contribution is 2.50. The lowest BCUT2D eigenvalue weighted by molar-refractivity contribution is -0.109. The van der Waals surface area contributed by atoms with Crippen molar-refractivity contribution in [2.24, 2.45) is 5.10 Å². The van der Waals surface area contributed by atoms with Crippen molar-refractivity contribution in [2.45, 2.75) is 38.5 Å². The number of para-hydroxylation sites is 1. The fourth-order valence-corrected chi connectivity index (χ4v) is 3.70. The second-order valence-corrected chi connectivity index (χ2v) is 7.06. The van der Waals surface area contributed by atoms with Crippen molar-refractivity contribution in [3.8, 4) is 11.5 Å². The standard InChI is InChI=1S/C20H21ClN2O2/c1-4-20(2)23-17(15-6-5-7-18(24-3)19(15)25-20)12-16(22-23)13-8-10-14(21)11-9-13/h5-11,17H,4,12H2,1-3H3. The molecule has 2 unspecified atom stereocenters. The van der Waals surface area contributed by atoms with Gasteiger partial charge in [-0.25, -0.2) is 5.01 Å². The highest BCUT2D eigenvalue weighted by molar-refractivity contribution is 6.30. The summed E-state index contributed by atoms with van der Waals surface area (Å²) in [5, 5.41) is 7.77. The molecule has 0 radical (unpaired) electrons. The fourth-order valence-electron chi connectivity index (χ4n) is 3.57. The highest BCUT2D eigenvalue weighted by Gasteiger charge is 2.47. The molecule has 2 heterocycles. The molecule has 0 spiro atoms. The molecule has 0 saturated carbocycles. The van der Waals surface area contributed by atoms with Crippen LogP contribution in [0.25, 0.3) is 0 Å². The van der Waals surface area contributed by atoms with Crippen molar-refractivity contribution in [3.05, 3.63) is 58.6 Å². The van der Waals surface area contributed by atoms with E-state index in [4.69, 9.17) is 26.2 Å². The van der Waals surface area contributed by atoms with Gasteiger partial charge in [0.15, 0.2) is 17.2 Å². The van der Waals surface area contributed by atoms with Crippen molar-refractivity contribution >= 4 is 17.3 Å². The predicted molar refractivity (Wildman–Crippen MR) is 99.5 cm³/mol. The average molecular weight is 357 g/mol. The van der Waals surface area contributed by atoms with Gasteiger partial charge in [0.1, 0.15) is 0 Å². The van der Waals surface area contributed by atoms with Gasteiger partial charge in [-0.05, 0) is 30.7 Å². The molecule has 2 atom stereocenters. The number of hydrogen-bond acceptors (Lipinski definition) is 4. The van der Waals surface area contributed by atoms with E-state index in [2.05, 4.69) is 24.9 Å². The third-order valence-electron chi connectivity index (χ3n) is 5.14. The molecule has 0 aromatic heterocycles. The van der Waals surface area contributed by atoms with Crippen molar-refractivity contribution in [3.63, 3.8) is 0 Å². The molecule has 0 N–H and O–H groups in total. The lowest BCUT2D eigenvalue weighted by Gasteiger charge is -2.45. The molecule has 4 rings (SSSR count). The van der Waals surface area contributed by atoms with Crippen LogP contribution in [0.3, 0.4) is 0 Å². The van der Waals surface area contributed by atoms with Gasteiger partial charge in [-0.1, -0.05) is 42.8 Å². The Hall–Kier alpha value is -2.20. The first kappa shape index (κ1) is 16.3. The van der Waals surface area contributed by atoms with Crippen molar-refractivity contribution in [1.29, 1.82) is 0 Å². The number of nitrogens with zero attached hydrogens (tertiary/aromatic N) is 2. The minimum absolute atomic E-state index is 0.148. The lowest BCUT2D eigenvalue weighted by atomic mass is 9.94. The first-order valence-electron chi connectivity index (χ1n) is 8.54. The maximum Gasteiger partial charge on any atom is 0.195 e. The smallest absolute Gasteiger partial charge is 0.195 e. The molecule has 2 aliphatic rings. The fraction of sp³-hybridized carbons (Fsp3) is 0.350. The van der Waals surface area contributed by atoms with Gasteiger partial charge in [-0.3, -0.25) is 0 Å². The molecular formula is C20H21ClN2O2. The summed E-state index contributed by atoms with van der Waals surface area (Å²) < 4.78 is 11.9. The number of rotatable bonds is 3. The average Bonchev–Trinajstić information content (AvgIpc) is 3.09. The van der Waals surface area contributed by atoms with Gasteiger partial charge in [-0.2, -0.15) is 5.10 Å². The van der Waals surface area contributed by atoms with Crippen molar-refractivity contribution in [2.75, 3.05) is 7.11 Å². The number of hydrazone groups is 1. The zero-order valence-electron chi connectivity index (χ0n) is 14.6. The number of fused-ring (bicyclic) bond motifs is 3. The maximum atomic E-state index is 6.38. The van der Waals surface area contributed by atoms with Crippen LogP contribution in [0.5, 0.6) is 11.5 Å². The summed E-state index contributed by atoms with van der Waals surface area (Å²) >= 11 is 6.02. The van der Waals surface area contributed by atoms with E-state index in [1.165, 1.54) is 0 Å². The van der Waals surface area contributed by atoms with Gasteiger partial charge in [0.05, 0.1) is 18.9 Å². The zero-order valence-corrected chi connectivity index (χ0v) is 15.4. The second kappa shape index (κ2) is 5.95. The molecule has 25 heavy (non-hydrogen) atoms. The lowest BCUT2D eigenvalue weighted by Crippen LogP contribution is -2.50. The van der Waals surface area contributed by atoms with Crippen LogP contribution in [0.2, 0.25) is 5.02 Å². The van der Waals surface area contributed by atoms with Gasteiger partial charge >= 0.3 is 0 Å². The Labute approximate surface area is 153 Å². The number of benzene rings is 2. The normalized spacial score (nSPS) is 24.2. The minimum Gasteiger partial charge on any atom is -0.493 e. The van der Waals surface area contributed by atoms with Gasteiger partial charge in [0, 0.05) is 23.4 Å². The first-order chi connectivity index (χ1) is 12.1. The molecule has 2 aromatic carbocycles. The second-order valence-electron chi connectivity index (χ2n) is 6.63. The van der Waals surface area contributed by atoms with Crippen LogP contribution in [0.15, 0.2) is 47.6 Å². The molecule has 2 aromatic rings. The number of ether oxygens (including phenoxy) is 2. The zero-order chi connectivity index (χ0) is 17.6. The van der Waals surface area contributed by atoms with Crippen LogP contribution in [0, 0.1) is 0 Å². The molecule has 0 saturated heterocycles. The number of hydrogen-bond donors (Lipinski definition) is 0. The molecule has 0 fully saturated rings. The van der Waals surface area contributed by atoms with Crippen LogP contribution >= 0.6 is 11.6 Å². The highest BCUT2D eigenvalue weighted by atomic mass is 35.5. The minimum atomic E-state index is -0.500. The van der Waals surface area contributed by atoms with Crippen LogP contribution in [0.4, 0.5) is 0 Å². The Morgan fingerprint density at radius 3 is 2.72 bits per heavy atom. The van der Waals surface area contributed by atoms with E-state index in [1.54, 1.807) is 7.11 Å². The summed E-state index contributed by atoms with van der Waals surface area (Å²) in [5.41, 5.74) is 2.78. The Morgan fingerprint density at radius 1 is 1.28 bits per heavy atom. The Balaban J connectivity index is 1.79. The van der Waals surface area contributed by atoms with E-state index in [-0.39, 0.29) is 6.04 Å². The summed E-state index contributed by atoms with van der Waals surface area (Å²) in [5.74, 6) is 1.61. The summed E-state index contributed by atoms with van der Waals surface area (Å²) in [6.45, 7) is 4.21. The van der Waals surface area contributed by atoms with E-state index >= 15 is 0 Å². The van der Waals surface area contributed by atoms with E-state index in [1.807, 2.05) is 36.4 Å². The van der Waals surface area contributed by atoms with E-state index in [0.717, 1.165) is 46.2 Å². The molecule has 4 nitrogen and oxygen atoms in total. The van der Waals surface area contributed by atoms with Gasteiger partial charge < -0.3 is 9.47 Å². The quantitative estimate of drug-likeness (QED) is 0.774. The summed E-state index contributed by atoms with van der Waals surface area (Å²) in [7, 11) is 1.68. The maximum absolute atomic E-state index is 6.38. The van der Waals surface area contributed by atoms with Crippen LogP contribution in [-0.2, 0) is 0 Å². The Bertz CT molecular complexity index is 834. The van der Waals surface area contributed by atoms with E-state index < -0.39 is 5.72 Å². The van der Waals surface area contributed by atoms with Gasteiger partial charge in [0.2, 0.25) is 0 Å². The van der Waals surface area contributed by atoms with Crippen molar-refractivity contribution < 1.29 is 9.47 Å². The predicted octanol–water partition coefficient (Wildman–Crippen LogP) is 5.02. The first-order valence-corrected chi connectivity index (χ1v) is 8.92. The third-order valence-corrected chi connectivity index (χ3v) is 5.39. The van der Waals surface area contributed by atoms with E-state index in [9.17, 15) is 0 Å². The van der Waals surface area contributed by atoms with Crippen LogP contribution in [0.1, 0.15) is 43.9 Å². The van der Waals surface area contributed by atoms with Crippen molar-refractivity contribution in [1.82, 2.24) is 5.01 Å². The largest absolute Gasteiger partial charge is 0.493 e. The third kappa shape index (κ3) is 2.56. The van der Waals surface area contributed by atoms with Gasteiger partial charge in [0.25, 0.3) is 0 Å². The van der Waals surface area contributed by atoms with Gasteiger partial charge in [-0.15, -0.1) is 0 Å². The Morgan fingerprint density at radius 2 is 2.04 bits per heavy atom. The van der Waals surface area contributed by atoms with Crippen LogP contribution < -0.4 is 9.47 Å². The van der Waals surface area contributed by atoms with Crippen LogP contribution in [-0.4, -0.2) is 23.6 Å². The number of halogens is 1. The molecule has 5 heteroatoms. The summed E-state index contributed by atoms with van der Waals surface area (Å²) in [6.07, 6.45) is 1.65. The molecule has 0 bridgehead atoms. The summed E-state index contributed by atoms with van der Waals surface area (Å²) in [6, 6.07) is 14.1. The number of methoxy groups -OCH3 is 1. The molecule has 0 amide bonds. The molecular weight excluding hydrogens is 336 g/mol. The van der Waals surface area contributed by atoms with E-state index in [0.29, 0.717) is 0 Å². The monoisotopic (exact) mass is 356 g/mol. The topological polar surface area (TPSA) is 34.1 Å². The SMILES string of the molecule is CCC1(C)Oc2c(OC)cccc2C2CC(c3ccc(Cl)cc3)=NN21. The molecule has 130 valence electrons. The Kier molecular flexibility index (Phi) is 3.88.